The van der Waals surface area contributed by atoms with E-state index in [1.165, 1.54) is 6.07 Å². The molecule has 0 aromatic heterocycles. The fourth-order valence-corrected chi connectivity index (χ4v) is 2.08. The van der Waals surface area contributed by atoms with Crippen molar-refractivity contribution < 1.29 is 9.50 Å². The number of aliphatic hydroxyl groups excluding tert-OH is 1. The molecule has 1 aromatic rings. The van der Waals surface area contributed by atoms with Crippen LogP contribution in [-0.4, -0.2) is 17.5 Å². The van der Waals surface area contributed by atoms with Crippen LogP contribution < -0.4 is 0 Å². The molecule has 78 valence electrons. The summed E-state index contributed by atoms with van der Waals surface area (Å²) in [5.41, 5.74) is 0. The van der Waals surface area contributed by atoms with Gasteiger partial charge in [-0.1, -0.05) is 18.6 Å². The number of hydrogen-bond donors (Lipinski definition) is 1. The lowest BCUT2D eigenvalue weighted by Crippen LogP contribution is -1.86. The van der Waals surface area contributed by atoms with Gasteiger partial charge in [0.25, 0.3) is 0 Å². The third-order valence-electron chi connectivity index (χ3n) is 1.90. The van der Waals surface area contributed by atoms with Gasteiger partial charge < -0.3 is 5.11 Å². The van der Waals surface area contributed by atoms with Crippen molar-refractivity contribution in [2.45, 2.75) is 24.2 Å². The number of unbranched alkanes of at least 4 members (excludes halogenated alkanes) is 2. The highest BCUT2D eigenvalue weighted by molar-refractivity contribution is 7.99. The van der Waals surface area contributed by atoms with Crippen LogP contribution in [0, 0.1) is 5.82 Å². The molecule has 1 rings (SSSR count). The summed E-state index contributed by atoms with van der Waals surface area (Å²) in [6, 6.07) is 6.83. The molecule has 0 bridgehead atoms. The largest absolute Gasteiger partial charge is 0.396 e. The maximum absolute atomic E-state index is 13.1. The quantitative estimate of drug-likeness (QED) is 0.580. The summed E-state index contributed by atoms with van der Waals surface area (Å²) in [6.07, 6.45) is 2.88. The van der Waals surface area contributed by atoms with Gasteiger partial charge in [0.1, 0.15) is 5.82 Å². The second kappa shape index (κ2) is 6.85. The molecular formula is C11H15FOS. The molecule has 0 atom stereocenters. The maximum atomic E-state index is 13.1. The zero-order valence-electron chi connectivity index (χ0n) is 8.08. The van der Waals surface area contributed by atoms with Crippen LogP contribution in [0.4, 0.5) is 4.39 Å². The van der Waals surface area contributed by atoms with Crippen LogP contribution >= 0.6 is 11.8 Å². The Morgan fingerprint density at radius 3 is 2.64 bits per heavy atom. The number of aliphatic hydroxyl groups is 1. The number of benzene rings is 1. The lowest BCUT2D eigenvalue weighted by atomic mass is 10.3. The minimum atomic E-state index is -0.139. The molecule has 1 nitrogen and oxygen atoms in total. The molecule has 1 N–H and O–H groups in total. The summed E-state index contributed by atoms with van der Waals surface area (Å²) >= 11 is 1.54. The fraction of sp³-hybridized carbons (Fsp3) is 0.455. The third-order valence-corrected chi connectivity index (χ3v) is 3.03. The van der Waals surface area contributed by atoms with Gasteiger partial charge in [-0.15, -0.1) is 11.8 Å². The highest BCUT2D eigenvalue weighted by Gasteiger charge is 1.99. The van der Waals surface area contributed by atoms with Gasteiger partial charge in [0.2, 0.25) is 0 Å². The first kappa shape index (κ1) is 11.5. The van der Waals surface area contributed by atoms with Crippen LogP contribution in [0.3, 0.4) is 0 Å². The van der Waals surface area contributed by atoms with Gasteiger partial charge in [-0.3, -0.25) is 0 Å². The molecule has 0 heterocycles. The molecule has 3 heteroatoms. The lowest BCUT2D eigenvalue weighted by molar-refractivity contribution is 0.284. The number of rotatable bonds is 6. The minimum Gasteiger partial charge on any atom is -0.396 e. The van der Waals surface area contributed by atoms with Gasteiger partial charge in [0, 0.05) is 11.5 Å². The zero-order chi connectivity index (χ0) is 10.2. The van der Waals surface area contributed by atoms with E-state index in [0.717, 1.165) is 29.9 Å². The van der Waals surface area contributed by atoms with E-state index in [2.05, 4.69) is 0 Å². The van der Waals surface area contributed by atoms with Crippen LogP contribution in [0.2, 0.25) is 0 Å². The van der Waals surface area contributed by atoms with Crippen LogP contribution in [0.15, 0.2) is 29.2 Å². The molecule has 0 spiro atoms. The van der Waals surface area contributed by atoms with Gasteiger partial charge in [-0.05, 0) is 30.7 Å². The van der Waals surface area contributed by atoms with Crippen molar-refractivity contribution in [2.75, 3.05) is 12.4 Å². The molecule has 0 unspecified atom stereocenters. The molecule has 0 aliphatic heterocycles. The predicted molar refractivity (Wildman–Crippen MR) is 58.1 cm³/mol. The normalized spacial score (nSPS) is 10.4. The second-order valence-electron chi connectivity index (χ2n) is 3.06. The Kier molecular flexibility index (Phi) is 5.64. The Hall–Kier alpha value is -0.540. The minimum absolute atomic E-state index is 0.139. The number of hydrogen-bond acceptors (Lipinski definition) is 2. The zero-order valence-corrected chi connectivity index (χ0v) is 8.89. The van der Waals surface area contributed by atoms with E-state index in [4.69, 9.17) is 5.11 Å². The van der Waals surface area contributed by atoms with Crippen LogP contribution in [0.1, 0.15) is 19.3 Å². The molecule has 0 saturated heterocycles. The Morgan fingerprint density at radius 2 is 1.93 bits per heavy atom. The van der Waals surface area contributed by atoms with Crippen molar-refractivity contribution in [1.82, 2.24) is 0 Å². The summed E-state index contributed by atoms with van der Waals surface area (Å²) in [7, 11) is 0. The standard InChI is InChI=1S/C11H15FOS/c12-10-6-2-3-7-11(10)14-9-5-1-4-8-13/h2-3,6-7,13H,1,4-5,8-9H2. The van der Waals surface area contributed by atoms with Crippen molar-refractivity contribution in [3.8, 4) is 0 Å². The molecule has 0 aliphatic rings. The monoisotopic (exact) mass is 214 g/mol. The SMILES string of the molecule is OCCCCCSc1ccccc1F. The summed E-state index contributed by atoms with van der Waals surface area (Å²) in [4.78, 5) is 0.719. The highest BCUT2D eigenvalue weighted by Crippen LogP contribution is 2.22. The van der Waals surface area contributed by atoms with Crippen molar-refractivity contribution in [2.24, 2.45) is 0 Å². The Balaban J connectivity index is 2.21. The lowest BCUT2D eigenvalue weighted by Gasteiger charge is -2.02. The molecule has 0 radical (unpaired) electrons. The van der Waals surface area contributed by atoms with Crippen molar-refractivity contribution in [3.63, 3.8) is 0 Å². The molecule has 14 heavy (non-hydrogen) atoms. The summed E-state index contributed by atoms with van der Waals surface area (Å²) in [6.45, 7) is 0.254. The van der Waals surface area contributed by atoms with E-state index < -0.39 is 0 Å². The van der Waals surface area contributed by atoms with E-state index in [9.17, 15) is 4.39 Å². The molecular weight excluding hydrogens is 199 g/mol. The van der Waals surface area contributed by atoms with Crippen LogP contribution in [0.5, 0.6) is 0 Å². The summed E-state index contributed by atoms with van der Waals surface area (Å²) in [5.74, 6) is 0.778. The fourth-order valence-electron chi connectivity index (χ4n) is 1.13. The van der Waals surface area contributed by atoms with Crippen molar-refractivity contribution >= 4 is 11.8 Å². The summed E-state index contributed by atoms with van der Waals surface area (Å²) in [5, 5.41) is 8.56. The van der Waals surface area contributed by atoms with Crippen LogP contribution in [-0.2, 0) is 0 Å². The molecule has 0 saturated carbocycles. The molecule has 0 fully saturated rings. The maximum Gasteiger partial charge on any atom is 0.136 e. The number of halogens is 1. The van der Waals surface area contributed by atoms with Crippen molar-refractivity contribution in [1.29, 1.82) is 0 Å². The van der Waals surface area contributed by atoms with Crippen LogP contribution in [0.25, 0.3) is 0 Å². The van der Waals surface area contributed by atoms with Crippen molar-refractivity contribution in [3.05, 3.63) is 30.1 Å². The highest BCUT2D eigenvalue weighted by atomic mass is 32.2. The van der Waals surface area contributed by atoms with Gasteiger partial charge in [0.05, 0.1) is 0 Å². The predicted octanol–water partition coefficient (Wildman–Crippen LogP) is 3.08. The first-order chi connectivity index (χ1) is 6.84. The summed E-state index contributed by atoms with van der Waals surface area (Å²) < 4.78 is 13.1. The third kappa shape index (κ3) is 4.11. The van der Waals surface area contributed by atoms with Gasteiger partial charge in [-0.25, -0.2) is 4.39 Å². The second-order valence-corrected chi connectivity index (χ2v) is 4.20. The topological polar surface area (TPSA) is 20.2 Å². The molecule has 0 aliphatic carbocycles. The average Bonchev–Trinajstić information content (AvgIpc) is 2.20. The Morgan fingerprint density at radius 1 is 1.14 bits per heavy atom. The van der Waals surface area contributed by atoms with E-state index >= 15 is 0 Å². The van der Waals surface area contributed by atoms with Gasteiger partial charge in [0.15, 0.2) is 0 Å². The van der Waals surface area contributed by atoms with E-state index in [1.54, 1.807) is 23.9 Å². The van der Waals surface area contributed by atoms with E-state index in [0.29, 0.717) is 0 Å². The van der Waals surface area contributed by atoms with Gasteiger partial charge >= 0.3 is 0 Å². The van der Waals surface area contributed by atoms with E-state index in [-0.39, 0.29) is 12.4 Å². The first-order valence-electron chi connectivity index (χ1n) is 4.83. The smallest absolute Gasteiger partial charge is 0.136 e. The molecule has 0 amide bonds. The first-order valence-corrected chi connectivity index (χ1v) is 5.81. The van der Waals surface area contributed by atoms with E-state index in [1.807, 2.05) is 6.07 Å². The van der Waals surface area contributed by atoms with Gasteiger partial charge in [-0.2, -0.15) is 0 Å². The Bertz CT molecular complexity index is 265. The Labute approximate surface area is 88.3 Å². The number of thioether (sulfide) groups is 1. The molecule has 1 aromatic carbocycles. The average molecular weight is 214 g/mol.